The number of nitrogens with zero attached hydrogens (tertiary/aromatic N) is 2. The summed E-state index contributed by atoms with van der Waals surface area (Å²) in [6, 6.07) is 4.64. The molecule has 0 fully saturated rings. The third-order valence-electron chi connectivity index (χ3n) is 3.86. The molecule has 128 valence electrons. The van der Waals surface area contributed by atoms with E-state index < -0.39 is 23.0 Å². The summed E-state index contributed by atoms with van der Waals surface area (Å²) in [7, 11) is 1.52. The van der Waals surface area contributed by atoms with Gasteiger partial charge in [-0.2, -0.15) is 0 Å². The van der Waals surface area contributed by atoms with Crippen LogP contribution in [0.4, 0.5) is 10.5 Å². The third kappa shape index (κ3) is 3.22. The molecule has 0 radical (unpaired) electrons. The van der Waals surface area contributed by atoms with Crippen LogP contribution in [0.3, 0.4) is 0 Å². The summed E-state index contributed by atoms with van der Waals surface area (Å²) in [6.07, 6.45) is 0.649. The first kappa shape index (κ1) is 17.5. The summed E-state index contributed by atoms with van der Waals surface area (Å²) in [4.78, 5) is 36.6. The van der Waals surface area contributed by atoms with Gasteiger partial charge in [-0.1, -0.05) is 19.1 Å². The summed E-state index contributed by atoms with van der Waals surface area (Å²) in [5.74, 6) is -0.593. The smallest absolute Gasteiger partial charge is 0.338 e. The van der Waals surface area contributed by atoms with Crippen molar-refractivity contribution in [3.05, 3.63) is 51.2 Å². The van der Waals surface area contributed by atoms with Gasteiger partial charge in [-0.15, -0.1) is 0 Å². The third-order valence-corrected chi connectivity index (χ3v) is 3.86. The maximum absolute atomic E-state index is 12.5. The molecule has 1 unspecified atom stereocenters. The molecular formula is C16H19N3O5. The fourth-order valence-electron chi connectivity index (χ4n) is 2.50. The van der Waals surface area contributed by atoms with Crippen LogP contribution in [0.2, 0.25) is 0 Å². The molecule has 1 aromatic rings. The minimum atomic E-state index is -0.931. The van der Waals surface area contributed by atoms with Crippen LogP contribution >= 0.6 is 0 Å². The number of benzene rings is 1. The summed E-state index contributed by atoms with van der Waals surface area (Å²) >= 11 is 0. The van der Waals surface area contributed by atoms with Gasteiger partial charge in [0.1, 0.15) is 0 Å². The van der Waals surface area contributed by atoms with Crippen molar-refractivity contribution in [1.82, 2.24) is 10.2 Å². The Balaban J connectivity index is 2.56. The second-order valence-electron chi connectivity index (χ2n) is 5.39. The summed E-state index contributed by atoms with van der Waals surface area (Å²) in [5, 5.41) is 13.9. The maximum Gasteiger partial charge on any atom is 0.338 e. The second kappa shape index (κ2) is 7.12. The van der Waals surface area contributed by atoms with E-state index in [1.54, 1.807) is 13.0 Å². The van der Waals surface area contributed by atoms with E-state index in [-0.39, 0.29) is 23.4 Å². The highest BCUT2D eigenvalue weighted by Crippen LogP contribution is 2.35. The highest BCUT2D eigenvalue weighted by Gasteiger charge is 2.37. The fourth-order valence-corrected chi connectivity index (χ4v) is 2.50. The van der Waals surface area contributed by atoms with Crippen molar-refractivity contribution >= 4 is 17.7 Å². The van der Waals surface area contributed by atoms with E-state index in [9.17, 15) is 19.7 Å². The Morgan fingerprint density at radius 2 is 2.08 bits per heavy atom. The molecule has 8 heteroatoms. The molecule has 1 aliphatic rings. The summed E-state index contributed by atoms with van der Waals surface area (Å²) < 4.78 is 5.19. The van der Waals surface area contributed by atoms with Crippen LogP contribution in [0.5, 0.6) is 0 Å². The number of hydrogen-bond donors (Lipinski definition) is 1. The monoisotopic (exact) mass is 333 g/mol. The number of carbonyl (C=O) groups is 2. The predicted molar refractivity (Wildman–Crippen MR) is 86.1 cm³/mol. The molecule has 2 rings (SSSR count). The minimum absolute atomic E-state index is 0.166. The van der Waals surface area contributed by atoms with E-state index in [0.717, 1.165) is 0 Å². The average Bonchev–Trinajstić information content (AvgIpc) is 2.57. The van der Waals surface area contributed by atoms with Crippen LogP contribution in [-0.2, 0) is 9.53 Å². The molecule has 2 amide bonds. The molecule has 24 heavy (non-hydrogen) atoms. The van der Waals surface area contributed by atoms with Crippen molar-refractivity contribution in [3.8, 4) is 0 Å². The zero-order chi connectivity index (χ0) is 17.9. The quantitative estimate of drug-likeness (QED) is 0.507. The summed E-state index contributed by atoms with van der Waals surface area (Å²) in [5.41, 5.74) is 0.676. The normalized spacial score (nSPS) is 17.5. The maximum atomic E-state index is 12.5. The molecule has 0 saturated carbocycles. The van der Waals surface area contributed by atoms with Gasteiger partial charge in [0.05, 0.1) is 28.7 Å². The largest absolute Gasteiger partial charge is 0.462 e. The van der Waals surface area contributed by atoms with Crippen molar-refractivity contribution in [3.63, 3.8) is 0 Å². The number of hydrogen-bond acceptors (Lipinski definition) is 5. The van der Waals surface area contributed by atoms with E-state index in [1.165, 1.54) is 30.1 Å². The van der Waals surface area contributed by atoms with Crippen molar-refractivity contribution < 1.29 is 19.2 Å². The average molecular weight is 333 g/mol. The molecule has 0 bridgehead atoms. The Bertz CT molecular complexity index is 713. The number of urea groups is 1. The van der Waals surface area contributed by atoms with Crippen LogP contribution in [0, 0.1) is 10.1 Å². The number of nitro benzene ring substituents is 1. The molecule has 0 spiro atoms. The number of rotatable bonds is 5. The molecule has 1 N–H and O–H groups in total. The van der Waals surface area contributed by atoms with Crippen LogP contribution in [0.25, 0.3) is 0 Å². The van der Waals surface area contributed by atoms with Gasteiger partial charge >= 0.3 is 12.0 Å². The Hall–Kier alpha value is -2.90. The van der Waals surface area contributed by atoms with Crippen LogP contribution in [0.15, 0.2) is 35.5 Å². The highest BCUT2D eigenvalue weighted by molar-refractivity contribution is 5.95. The predicted octanol–water partition coefficient (Wildman–Crippen LogP) is 2.52. The zero-order valence-electron chi connectivity index (χ0n) is 13.7. The lowest BCUT2D eigenvalue weighted by molar-refractivity contribution is -0.385. The molecule has 0 aromatic heterocycles. The van der Waals surface area contributed by atoms with Crippen molar-refractivity contribution in [2.24, 2.45) is 0 Å². The van der Waals surface area contributed by atoms with E-state index in [1.807, 2.05) is 6.92 Å². The fraction of sp³-hybridized carbons (Fsp3) is 0.375. The minimum Gasteiger partial charge on any atom is -0.462 e. The van der Waals surface area contributed by atoms with Crippen molar-refractivity contribution in [1.29, 1.82) is 0 Å². The molecule has 1 heterocycles. The molecule has 1 aliphatic heterocycles. The number of ether oxygens (including phenoxy) is 1. The van der Waals surface area contributed by atoms with E-state index in [4.69, 9.17) is 4.74 Å². The number of nitro groups is 1. The number of amides is 2. The first-order valence-electron chi connectivity index (χ1n) is 7.53. The number of para-hydroxylation sites is 1. The summed E-state index contributed by atoms with van der Waals surface area (Å²) in [6.45, 7) is 3.71. The van der Waals surface area contributed by atoms with Gasteiger partial charge < -0.3 is 15.0 Å². The number of allylic oxidation sites excluding steroid dienone is 1. The first-order chi connectivity index (χ1) is 11.4. The van der Waals surface area contributed by atoms with Gasteiger partial charge in [0, 0.05) is 18.8 Å². The molecular weight excluding hydrogens is 314 g/mol. The Kier molecular flexibility index (Phi) is 5.18. The first-order valence-corrected chi connectivity index (χ1v) is 7.53. The van der Waals surface area contributed by atoms with Gasteiger partial charge in [-0.25, -0.2) is 9.59 Å². The molecule has 1 aromatic carbocycles. The highest BCUT2D eigenvalue weighted by atomic mass is 16.6. The van der Waals surface area contributed by atoms with Gasteiger partial charge in [-0.3, -0.25) is 10.1 Å². The number of esters is 1. The molecule has 8 nitrogen and oxygen atoms in total. The van der Waals surface area contributed by atoms with Gasteiger partial charge in [0.2, 0.25) is 0 Å². The lowest BCUT2D eigenvalue weighted by Crippen LogP contribution is -2.46. The Morgan fingerprint density at radius 3 is 2.71 bits per heavy atom. The van der Waals surface area contributed by atoms with Gasteiger partial charge in [0.25, 0.3) is 5.69 Å². The second-order valence-corrected chi connectivity index (χ2v) is 5.39. The number of carbonyl (C=O) groups excluding carboxylic acids is 2. The van der Waals surface area contributed by atoms with Crippen LogP contribution in [0.1, 0.15) is 31.9 Å². The van der Waals surface area contributed by atoms with Gasteiger partial charge in [0.15, 0.2) is 0 Å². The van der Waals surface area contributed by atoms with E-state index in [2.05, 4.69) is 5.32 Å². The number of nitrogens with one attached hydrogen (secondary N) is 1. The van der Waals surface area contributed by atoms with Crippen molar-refractivity contribution in [2.45, 2.75) is 26.3 Å². The molecule has 1 atom stereocenters. The standard InChI is InChI=1S/C16H19N3O5/c1-4-9-24-15(20)13-10(2)18(3)16(21)17-14(13)11-7-5-6-8-12(11)19(22)23/h5-8,14H,4,9H2,1-3H3,(H,17,21). The lowest BCUT2D eigenvalue weighted by atomic mass is 9.94. The Labute approximate surface area is 139 Å². The van der Waals surface area contributed by atoms with Crippen LogP contribution in [-0.4, -0.2) is 35.5 Å². The van der Waals surface area contributed by atoms with Crippen molar-refractivity contribution in [2.75, 3.05) is 13.7 Å². The SMILES string of the molecule is CCCOC(=O)C1=C(C)N(C)C(=O)NC1c1ccccc1[N+](=O)[O-]. The van der Waals surface area contributed by atoms with Gasteiger partial charge in [-0.05, 0) is 19.4 Å². The van der Waals surface area contributed by atoms with E-state index >= 15 is 0 Å². The zero-order valence-corrected chi connectivity index (χ0v) is 13.7. The lowest BCUT2D eigenvalue weighted by Gasteiger charge is -2.33. The molecule has 0 aliphatic carbocycles. The topological polar surface area (TPSA) is 102 Å². The van der Waals surface area contributed by atoms with E-state index in [0.29, 0.717) is 12.1 Å². The Morgan fingerprint density at radius 1 is 1.42 bits per heavy atom. The molecule has 0 saturated heterocycles. The van der Waals surface area contributed by atoms with Crippen LogP contribution < -0.4 is 5.32 Å².